The number of phenols is 1. The summed E-state index contributed by atoms with van der Waals surface area (Å²) in [5.74, 6) is -1.30. The number of halogens is 3. The van der Waals surface area contributed by atoms with Gasteiger partial charge in [0, 0.05) is 0 Å². The van der Waals surface area contributed by atoms with Gasteiger partial charge in [-0.2, -0.15) is 13.2 Å². The lowest BCUT2D eigenvalue weighted by atomic mass is 9.95. The number of phenolic OH excluding ortho intramolecular Hbond substituents is 1. The maximum absolute atomic E-state index is 12.6. The van der Waals surface area contributed by atoms with Crippen LogP contribution in [0.2, 0.25) is 0 Å². The highest BCUT2D eigenvalue weighted by atomic mass is 19.4. The van der Waals surface area contributed by atoms with Gasteiger partial charge in [0.15, 0.2) is 11.5 Å². The second kappa shape index (κ2) is 4.10. The third-order valence-electron chi connectivity index (χ3n) is 2.31. The molecule has 0 aliphatic carbocycles. The predicted molar refractivity (Wildman–Crippen MR) is 54.9 cm³/mol. The highest BCUT2D eigenvalue weighted by Crippen LogP contribution is 2.43. The number of ether oxygens (including phenoxy) is 1. The van der Waals surface area contributed by atoms with E-state index in [9.17, 15) is 23.4 Å². The van der Waals surface area contributed by atoms with Gasteiger partial charge in [-0.25, -0.2) is 0 Å². The van der Waals surface area contributed by atoms with Gasteiger partial charge in [-0.3, -0.25) is 0 Å². The Kier molecular flexibility index (Phi) is 3.29. The lowest BCUT2D eigenvalue weighted by Crippen LogP contribution is -2.17. The average Bonchev–Trinajstić information content (AvgIpc) is 2.14. The summed E-state index contributed by atoms with van der Waals surface area (Å²) in [7, 11) is 1.14. The molecule has 1 aromatic rings. The Morgan fingerprint density at radius 1 is 1.18 bits per heavy atom. The summed E-state index contributed by atoms with van der Waals surface area (Å²) in [6, 6.07) is 1.88. The molecule has 2 N–H and O–H groups in total. The van der Waals surface area contributed by atoms with E-state index in [0.29, 0.717) is 6.07 Å². The lowest BCUT2D eigenvalue weighted by Gasteiger charge is -2.21. The highest BCUT2D eigenvalue weighted by molar-refractivity contribution is 5.50. The van der Waals surface area contributed by atoms with E-state index in [2.05, 4.69) is 4.74 Å². The van der Waals surface area contributed by atoms with Gasteiger partial charge in [0.1, 0.15) is 5.56 Å². The maximum Gasteiger partial charge on any atom is 0.420 e. The molecule has 6 heteroatoms. The fourth-order valence-corrected chi connectivity index (χ4v) is 1.33. The number of aliphatic hydroxyl groups is 1. The molecule has 0 radical (unpaired) electrons. The van der Waals surface area contributed by atoms with Crippen molar-refractivity contribution >= 4 is 0 Å². The van der Waals surface area contributed by atoms with Crippen molar-refractivity contribution < 1.29 is 28.1 Å². The van der Waals surface area contributed by atoms with Crippen LogP contribution in [0.1, 0.15) is 25.0 Å². The molecule has 0 spiro atoms. The number of benzene rings is 1. The minimum Gasteiger partial charge on any atom is -0.504 e. The van der Waals surface area contributed by atoms with Crippen molar-refractivity contribution in [1.29, 1.82) is 0 Å². The van der Waals surface area contributed by atoms with Crippen molar-refractivity contribution in [2.75, 3.05) is 7.11 Å². The zero-order valence-electron chi connectivity index (χ0n) is 9.59. The first-order valence-corrected chi connectivity index (χ1v) is 4.78. The van der Waals surface area contributed by atoms with Gasteiger partial charge in [-0.1, -0.05) is 0 Å². The number of aromatic hydroxyl groups is 1. The summed E-state index contributed by atoms with van der Waals surface area (Å²) in [5, 5.41) is 19.1. The molecule has 3 nitrogen and oxygen atoms in total. The molecule has 96 valence electrons. The standard InChI is InChI=1S/C11H13F3O3/c1-10(2,16)6-4-7(11(12,13)14)9(15)8(5-6)17-3/h4-5,15-16H,1-3H3. The van der Waals surface area contributed by atoms with Gasteiger partial charge in [0.25, 0.3) is 0 Å². The fraction of sp³-hybridized carbons (Fsp3) is 0.455. The minimum absolute atomic E-state index is 0.0134. The summed E-state index contributed by atoms with van der Waals surface area (Å²) in [6.45, 7) is 2.69. The Morgan fingerprint density at radius 2 is 1.71 bits per heavy atom. The first-order valence-electron chi connectivity index (χ1n) is 4.78. The highest BCUT2D eigenvalue weighted by Gasteiger charge is 2.37. The van der Waals surface area contributed by atoms with E-state index < -0.39 is 23.1 Å². The van der Waals surface area contributed by atoms with Crippen LogP contribution in [-0.4, -0.2) is 17.3 Å². The van der Waals surface area contributed by atoms with Crippen molar-refractivity contribution in [2.45, 2.75) is 25.6 Å². The zero-order chi connectivity index (χ0) is 13.4. The first kappa shape index (κ1) is 13.6. The van der Waals surface area contributed by atoms with Crippen LogP contribution in [0.5, 0.6) is 11.5 Å². The Hall–Kier alpha value is -1.43. The van der Waals surface area contributed by atoms with Crippen molar-refractivity contribution in [3.63, 3.8) is 0 Å². The summed E-state index contributed by atoms with van der Waals surface area (Å²) in [6.07, 6.45) is -4.71. The molecule has 0 aliphatic rings. The number of hydrogen-bond donors (Lipinski definition) is 2. The maximum atomic E-state index is 12.6. The van der Waals surface area contributed by atoms with E-state index >= 15 is 0 Å². The molecule has 0 saturated heterocycles. The molecule has 17 heavy (non-hydrogen) atoms. The molecule has 0 aromatic heterocycles. The van der Waals surface area contributed by atoms with Gasteiger partial charge in [-0.15, -0.1) is 0 Å². The van der Waals surface area contributed by atoms with Crippen LogP contribution in [-0.2, 0) is 11.8 Å². The summed E-state index contributed by atoms with van der Waals surface area (Å²) in [4.78, 5) is 0. The van der Waals surface area contributed by atoms with Gasteiger partial charge in [0.05, 0.1) is 12.7 Å². The third kappa shape index (κ3) is 2.82. The Balaban J connectivity index is 3.50. The average molecular weight is 250 g/mol. The largest absolute Gasteiger partial charge is 0.504 e. The number of hydrogen-bond acceptors (Lipinski definition) is 3. The first-order chi connectivity index (χ1) is 7.57. The summed E-state index contributed by atoms with van der Waals surface area (Å²) in [5.41, 5.74) is -2.67. The smallest absolute Gasteiger partial charge is 0.420 e. The number of rotatable bonds is 2. The molecule has 1 rings (SSSR count). The molecule has 0 saturated carbocycles. The van der Waals surface area contributed by atoms with Crippen LogP contribution in [0, 0.1) is 0 Å². The van der Waals surface area contributed by atoms with E-state index in [1.807, 2.05) is 0 Å². The van der Waals surface area contributed by atoms with Crippen LogP contribution in [0.3, 0.4) is 0 Å². The zero-order valence-corrected chi connectivity index (χ0v) is 9.59. The molecular weight excluding hydrogens is 237 g/mol. The SMILES string of the molecule is COc1cc(C(C)(C)O)cc(C(F)(F)F)c1O. The summed E-state index contributed by atoms with van der Waals surface area (Å²) < 4.78 is 42.6. The molecule has 0 heterocycles. The fourth-order valence-electron chi connectivity index (χ4n) is 1.33. The van der Waals surface area contributed by atoms with Gasteiger partial charge in [-0.05, 0) is 31.5 Å². The molecule has 0 bridgehead atoms. The van der Waals surface area contributed by atoms with Crippen molar-refractivity contribution in [3.05, 3.63) is 23.3 Å². The Morgan fingerprint density at radius 3 is 2.06 bits per heavy atom. The van der Waals surface area contributed by atoms with Crippen LogP contribution < -0.4 is 4.74 Å². The van der Waals surface area contributed by atoms with Crippen molar-refractivity contribution in [1.82, 2.24) is 0 Å². The normalized spacial score (nSPS) is 12.6. The topological polar surface area (TPSA) is 49.7 Å². The Labute approximate surface area is 96.5 Å². The van der Waals surface area contributed by atoms with Crippen LogP contribution in [0.4, 0.5) is 13.2 Å². The van der Waals surface area contributed by atoms with E-state index in [-0.39, 0.29) is 11.3 Å². The van der Waals surface area contributed by atoms with E-state index in [1.165, 1.54) is 19.9 Å². The van der Waals surface area contributed by atoms with Crippen LogP contribution >= 0.6 is 0 Å². The number of alkyl halides is 3. The molecular formula is C11H13F3O3. The van der Waals surface area contributed by atoms with Gasteiger partial charge >= 0.3 is 6.18 Å². The molecule has 1 aromatic carbocycles. The van der Waals surface area contributed by atoms with Crippen molar-refractivity contribution in [2.24, 2.45) is 0 Å². The third-order valence-corrected chi connectivity index (χ3v) is 2.31. The van der Waals surface area contributed by atoms with E-state index in [4.69, 9.17) is 0 Å². The van der Waals surface area contributed by atoms with Crippen molar-refractivity contribution in [3.8, 4) is 11.5 Å². The molecule has 0 amide bonds. The molecule has 0 unspecified atom stereocenters. The Bertz CT molecular complexity index is 419. The van der Waals surface area contributed by atoms with Gasteiger partial charge in [0.2, 0.25) is 0 Å². The second-order valence-electron chi connectivity index (χ2n) is 4.13. The quantitative estimate of drug-likeness (QED) is 0.848. The van der Waals surface area contributed by atoms with E-state index in [1.54, 1.807) is 0 Å². The molecule has 0 fully saturated rings. The second-order valence-corrected chi connectivity index (χ2v) is 4.13. The minimum atomic E-state index is -4.71. The predicted octanol–water partition coefficient (Wildman–Crippen LogP) is 2.65. The lowest BCUT2D eigenvalue weighted by molar-refractivity contribution is -0.139. The molecule has 0 atom stereocenters. The van der Waals surface area contributed by atoms with E-state index in [0.717, 1.165) is 7.11 Å². The van der Waals surface area contributed by atoms with Crippen LogP contribution in [0.15, 0.2) is 12.1 Å². The van der Waals surface area contributed by atoms with Crippen LogP contribution in [0.25, 0.3) is 0 Å². The van der Waals surface area contributed by atoms with Gasteiger partial charge < -0.3 is 14.9 Å². The molecule has 0 aliphatic heterocycles. The number of methoxy groups -OCH3 is 1. The summed E-state index contributed by atoms with van der Waals surface area (Å²) >= 11 is 0. The monoisotopic (exact) mass is 250 g/mol.